The molecule has 1 aromatic carbocycles. The van der Waals surface area contributed by atoms with E-state index in [2.05, 4.69) is 0 Å². The van der Waals surface area contributed by atoms with E-state index < -0.39 is 0 Å². The molecule has 0 bridgehead atoms. The van der Waals surface area contributed by atoms with Gasteiger partial charge in [-0.1, -0.05) is 34.8 Å². The molecule has 1 saturated heterocycles. The third-order valence-electron chi connectivity index (χ3n) is 1.80. The summed E-state index contributed by atoms with van der Waals surface area (Å²) < 4.78 is 10.4. The summed E-state index contributed by atoms with van der Waals surface area (Å²) in [6.07, 6.45) is 0.211. The van der Waals surface area contributed by atoms with E-state index in [9.17, 15) is 0 Å². The third-order valence-corrected chi connectivity index (χ3v) is 2.99. The topological polar surface area (TPSA) is 21.8 Å². The number of epoxide rings is 1. The van der Waals surface area contributed by atoms with Crippen molar-refractivity contribution in [3.63, 3.8) is 0 Å². The normalized spacial score (nSPS) is 19.5. The SMILES string of the molecule is Clc1cc(OCC2CO2)cc(Cl)c1Cl. The lowest BCUT2D eigenvalue weighted by molar-refractivity contribution is 0.263. The van der Waals surface area contributed by atoms with Gasteiger partial charge in [0.05, 0.1) is 21.7 Å². The van der Waals surface area contributed by atoms with Crippen molar-refractivity contribution in [2.24, 2.45) is 0 Å². The van der Waals surface area contributed by atoms with Crippen molar-refractivity contribution in [1.29, 1.82) is 0 Å². The van der Waals surface area contributed by atoms with E-state index in [0.717, 1.165) is 6.61 Å². The molecule has 1 fully saturated rings. The predicted molar refractivity (Wildman–Crippen MR) is 56.7 cm³/mol. The van der Waals surface area contributed by atoms with Crippen LogP contribution in [0.5, 0.6) is 5.75 Å². The molecule has 0 aliphatic carbocycles. The molecule has 2 nitrogen and oxygen atoms in total. The van der Waals surface area contributed by atoms with Crippen LogP contribution in [0, 0.1) is 0 Å². The van der Waals surface area contributed by atoms with Gasteiger partial charge in [0.25, 0.3) is 0 Å². The lowest BCUT2D eigenvalue weighted by atomic mass is 10.3. The maximum absolute atomic E-state index is 5.82. The Labute approximate surface area is 96.7 Å². The Morgan fingerprint density at radius 2 is 1.86 bits per heavy atom. The molecule has 0 spiro atoms. The van der Waals surface area contributed by atoms with Gasteiger partial charge in [-0.25, -0.2) is 0 Å². The average Bonchev–Trinajstić information content (AvgIpc) is 2.94. The quantitative estimate of drug-likeness (QED) is 0.608. The van der Waals surface area contributed by atoms with E-state index >= 15 is 0 Å². The van der Waals surface area contributed by atoms with Gasteiger partial charge in [0.1, 0.15) is 18.5 Å². The van der Waals surface area contributed by atoms with E-state index in [0.29, 0.717) is 27.4 Å². The second-order valence-electron chi connectivity index (χ2n) is 2.97. The summed E-state index contributed by atoms with van der Waals surface area (Å²) in [5, 5.41) is 1.14. The number of hydrogen-bond donors (Lipinski definition) is 0. The highest BCUT2D eigenvalue weighted by atomic mass is 35.5. The summed E-state index contributed by atoms with van der Waals surface area (Å²) in [6, 6.07) is 3.27. The van der Waals surface area contributed by atoms with Crippen LogP contribution < -0.4 is 4.74 Å². The second-order valence-corrected chi connectivity index (χ2v) is 4.16. The minimum absolute atomic E-state index is 0.211. The van der Waals surface area contributed by atoms with Gasteiger partial charge in [0.2, 0.25) is 0 Å². The Kier molecular flexibility index (Phi) is 3.07. The molecule has 1 aliphatic rings. The minimum Gasteiger partial charge on any atom is -0.491 e. The fraction of sp³-hybridized carbons (Fsp3) is 0.333. The van der Waals surface area contributed by atoms with Crippen molar-refractivity contribution in [3.05, 3.63) is 27.2 Å². The van der Waals surface area contributed by atoms with Crippen LogP contribution in [-0.2, 0) is 4.74 Å². The first-order chi connectivity index (χ1) is 6.66. The van der Waals surface area contributed by atoms with E-state index in [1.807, 2.05) is 0 Å². The fourth-order valence-corrected chi connectivity index (χ4v) is 1.55. The van der Waals surface area contributed by atoms with Crippen molar-refractivity contribution in [2.45, 2.75) is 6.10 Å². The summed E-state index contributed by atoms with van der Waals surface area (Å²) in [7, 11) is 0. The molecule has 1 heterocycles. The van der Waals surface area contributed by atoms with Crippen molar-refractivity contribution < 1.29 is 9.47 Å². The minimum atomic E-state index is 0.211. The molecule has 2 rings (SSSR count). The number of halogens is 3. The Bertz CT molecular complexity index is 327. The van der Waals surface area contributed by atoms with Gasteiger partial charge >= 0.3 is 0 Å². The summed E-state index contributed by atoms with van der Waals surface area (Å²) in [4.78, 5) is 0. The van der Waals surface area contributed by atoms with Crippen molar-refractivity contribution in [2.75, 3.05) is 13.2 Å². The molecule has 0 saturated carbocycles. The van der Waals surface area contributed by atoms with Gasteiger partial charge in [-0.3, -0.25) is 0 Å². The maximum atomic E-state index is 5.82. The van der Waals surface area contributed by atoms with Crippen molar-refractivity contribution in [3.8, 4) is 5.75 Å². The Morgan fingerprint density at radius 1 is 1.29 bits per heavy atom. The largest absolute Gasteiger partial charge is 0.491 e. The molecule has 0 radical (unpaired) electrons. The second kappa shape index (κ2) is 4.15. The number of rotatable bonds is 3. The zero-order valence-corrected chi connectivity index (χ0v) is 9.36. The lowest BCUT2D eigenvalue weighted by Gasteiger charge is -2.06. The van der Waals surface area contributed by atoms with Crippen LogP contribution in [-0.4, -0.2) is 19.3 Å². The smallest absolute Gasteiger partial charge is 0.122 e. The van der Waals surface area contributed by atoms with Crippen LogP contribution in [0.1, 0.15) is 0 Å². The number of benzene rings is 1. The first kappa shape index (κ1) is 10.4. The molecule has 76 valence electrons. The standard InChI is InChI=1S/C9H7Cl3O2/c10-7-1-5(2-8(11)9(7)12)13-3-6-4-14-6/h1-2,6H,3-4H2. The van der Waals surface area contributed by atoms with Crippen LogP contribution in [0.4, 0.5) is 0 Å². The summed E-state index contributed by atoms with van der Waals surface area (Å²) in [5.41, 5.74) is 0. The predicted octanol–water partition coefficient (Wildman–Crippen LogP) is 3.42. The summed E-state index contributed by atoms with van der Waals surface area (Å²) in [6.45, 7) is 1.28. The molecule has 1 aromatic rings. The Balaban J connectivity index is 2.08. The molecule has 5 heteroatoms. The summed E-state index contributed by atoms with van der Waals surface area (Å²) >= 11 is 17.4. The molecular formula is C9H7Cl3O2. The average molecular weight is 254 g/mol. The zero-order valence-electron chi connectivity index (χ0n) is 7.10. The van der Waals surface area contributed by atoms with Gasteiger partial charge in [-0.15, -0.1) is 0 Å². The monoisotopic (exact) mass is 252 g/mol. The lowest BCUT2D eigenvalue weighted by Crippen LogP contribution is -2.03. The molecule has 14 heavy (non-hydrogen) atoms. The Morgan fingerprint density at radius 3 is 2.36 bits per heavy atom. The third kappa shape index (κ3) is 2.45. The highest BCUT2D eigenvalue weighted by Crippen LogP contribution is 2.34. The van der Waals surface area contributed by atoms with Crippen molar-refractivity contribution >= 4 is 34.8 Å². The first-order valence-electron chi connectivity index (χ1n) is 4.06. The molecule has 1 aliphatic heterocycles. The first-order valence-corrected chi connectivity index (χ1v) is 5.19. The Hall–Kier alpha value is -0.150. The molecular weight excluding hydrogens is 246 g/mol. The van der Waals surface area contributed by atoms with Crippen LogP contribution in [0.3, 0.4) is 0 Å². The van der Waals surface area contributed by atoms with Gasteiger partial charge in [0, 0.05) is 12.1 Å². The zero-order chi connectivity index (χ0) is 10.1. The molecule has 1 atom stereocenters. The van der Waals surface area contributed by atoms with E-state index in [1.165, 1.54) is 0 Å². The van der Waals surface area contributed by atoms with Crippen LogP contribution in [0.15, 0.2) is 12.1 Å². The number of hydrogen-bond acceptors (Lipinski definition) is 2. The molecule has 0 aromatic heterocycles. The van der Waals surface area contributed by atoms with Gasteiger partial charge in [-0.05, 0) is 0 Å². The number of ether oxygens (including phenoxy) is 2. The van der Waals surface area contributed by atoms with Crippen LogP contribution in [0.2, 0.25) is 15.1 Å². The van der Waals surface area contributed by atoms with E-state index in [-0.39, 0.29) is 6.10 Å². The molecule has 0 amide bonds. The van der Waals surface area contributed by atoms with Crippen molar-refractivity contribution in [1.82, 2.24) is 0 Å². The van der Waals surface area contributed by atoms with E-state index in [1.54, 1.807) is 12.1 Å². The highest BCUT2D eigenvalue weighted by molar-refractivity contribution is 6.48. The molecule has 1 unspecified atom stereocenters. The fourth-order valence-electron chi connectivity index (χ4n) is 0.969. The highest BCUT2D eigenvalue weighted by Gasteiger charge is 2.23. The van der Waals surface area contributed by atoms with Gasteiger partial charge < -0.3 is 9.47 Å². The van der Waals surface area contributed by atoms with E-state index in [4.69, 9.17) is 44.3 Å². The maximum Gasteiger partial charge on any atom is 0.122 e. The van der Waals surface area contributed by atoms with Crippen LogP contribution >= 0.6 is 34.8 Å². The van der Waals surface area contributed by atoms with Gasteiger partial charge in [-0.2, -0.15) is 0 Å². The molecule has 0 N–H and O–H groups in total. The van der Waals surface area contributed by atoms with Gasteiger partial charge in [0.15, 0.2) is 0 Å². The van der Waals surface area contributed by atoms with Crippen LogP contribution in [0.25, 0.3) is 0 Å². The summed E-state index contributed by atoms with van der Waals surface area (Å²) in [5.74, 6) is 0.611.